The minimum atomic E-state index is -3.68. The SMILES string of the molecule is CCCNc1ccc(NS(=O)(=O)c2ccc3c(c2)OCCO3)cc1. The van der Waals surface area contributed by atoms with Crippen LogP contribution in [0.15, 0.2) is 47.4 Å². The van der Waals surface area contributed by atoms with E-state index in [2.05, 4.69) is 17.0 Å². The van der Waals surface area contributed by atoms with E-state index in [9.17, 15) is 8.42 Å². The summed E-state index contributed by atoms with van der Waals surface area (Å²) in [5.41, 5.74) is 1.46. The Morgan fingerprint density at radius 3 is 2.33 bits per heavy atom. The first-order chi connectivity index (χ1) is 11.6. The van der Waals surface area contributed by atoms with Crippen LogP contribution in [0, 0.1) is 0 Å². The summed E-state index contributed by atoms with van der Waals surface area (Å²) in [6.45, 7) is 3.84. The van der Waals surface area contributed by atoms with Gasteiger partial charge in [0.2, 0.25) is 0 Å². The summed E-state index contributed by atoms with van der Waals surface area (Å²) in [4.78, 5) is 0.139. The van der Waals surface area contributed by atoms with Crippen LogP contribution >= 0.6 is 0 Å². The number of anilines is 2. The third kappa shape index (κ3) is 3.73. The van der Waals surface area contributed by atoms with Crippen LogP contribution in [-0.2, 0) is 10.0 Å². The maximum Gasteiger partial charge on any atom is 0.262 e. The summed E-state index contributed by atoms with van der Waals surface area (Å²) in [6, 6.07) is 11.7. The second-order valence-electron chi connectivity index (χ2n) is 5.42. The van der Waals surface area contributed by atoms with Crippen LogP contribution in [0.5, 0.6) is 11.5 Å². The zero-order valence-electron chi connectivity index (χ0n) is 13.4. The molecular weight excluding hydrogens is 328 g/mol. The molecule has 0 aromatic heterocycles. The molecule has 6 nitrogen and oxygen atoms in total. The van der Waals surface area contributed by atoms with Gasteiger partial charge in [-0.3, -0.25) is 4.72 Å². The zero-order chi connectivity index (χ0) is 17.0. The Bertz CT molecular complexity index is 804. The van der Waals surface area contributed by atoms with E-state index >= 15 is 0 Å². The Morgan fingerprint density at radius 1 is 0.958 bits per heavy atom. The minimum absolute atomic E-state index is 0.139. The van der Waals surface area contributed by atoms with E-state index in [0.29, 0.717) is 30.4 Å². The maximum absolute atomic E-state index is 12.5. The topological polar surface area (TPSA) is 76.7 Å². The van der Waals surface area contributed by atoms with E-state index in [1.54, 1.807) is 18.2 Å². The van der Waals surface area contributed by atoms with Crippen molar-refractivity contribution in [3.63, 3.8) is 0 Å². The van der Waals surface area contributed by atoms with Gasteiger partial charge in [-0.2, -0.15) is 0 Å². The summed E-state index contributed by atoms with van der Waals surface area (Å²) >= 11 is 0. The number of sulfonamides is 1. The highest BCUT2D eigenvalue weighted by Crippen LogP contribution is 2.32. The van der Waals surface area contributed by atoms with E-state index < -0.39 is 10.0 Å². The van der Waals surface area contributed by atoms with Crippen molar-refractivity contribution in [2.24, 2.45) is 0 Å². The molecule has 0 fully saturated rings. The highest BCUT2D eigenvalue weighted by molar-refractivity contribution is 7.92. The summed E-state index contributed by atoms with van der Waals surface area (Å²) in [5, 5.41) is 3.24. The average Bonchev–Trinajstić information content (AvgIpc) is 2.60. The van der Waals surface area contributed by atoms with Crippen molar-refractivity contribution < 1.29 is 17.9 Å². The standard InChI is InChI=1S/C17H20N2O4S/c1-2-9-18-13-3-5-14(6-4-13)19-24(20,21)15-7-8-16-17(12-15)23-11-10-22-16/h3-8,12,18-19H,2,9-11H2,1H3. The molecule has 0 aliphatic carbocycles. The highest BCUT2D eigenvalue weighted by Gasteiger charge is 2.19. The third-order valence-corrected chi connectivity index (χ3v) is 4.92. The first-order valence-electron chi connectivity index (χ1n) is 7.85. The molecule has 0 saturated heterocycles. The number of hydrogen-bond acceptors (Lipinski definition) is 5. The lowest BCUT2D eigenvalue weighted by Crippen LogP contribution is -2.17. The number of fused-ring (bicyclic) bond motifs is 1. The lowest BCUT2D eigenvalue weighted by atomic mass is 10.3. The van der Waals surface area contributed by atoms with Crippen LogP contribution < -0.4 is 19.5 Å². The largest absolute Gasteiger partial charge is 0.486 e. The molecule has 0 unspecified atom stereocenters. The van der Waals surface area contributed by atoms with Gasteiger partial charge in [0.05, 0.1) is 4.90 Å². The van der Waals surface area contributed by atoms with Gasteiger partial charge in [0.1, 0.15) is 13.2 Å². The molecule has 0 atom stereocenters. The Labute approximate surface area is 141 Å². The van der Waals surface area contributed by atoms with Crippen LogP contribution in [0.1, 0.15) is 13.3 Å². The Kier molecular flexibility index (Phi) is 4.80. The van der Waals surface area contributed by atoms with E-state index in [1.165, 1.54) is 12.1 Å². The van der Waals surface area contributed by atoms with Crippen molar-refractivity contribution in [3.8, 4) is 11.5 Å². The van der Waals surface area contributed by atoms with Crippen molar-refractivity contribution in [2.45, 2.75) is 18.2 Å². The fourth-order valence-electron chi connectivity index (χ4n) is 2.33. The quantitative estimate of drug-likeness (QED) is 0.839. The van der Waals surface area contributed by atoms with Crippen LogP contribution in [0.3, 0.4) is 0 Å². The highest BCUT2D eigenvalue weighted by atomic mass is 32.2. The predicted octanol–water partition coefficient (Wildman–Crippen LogP) is 3.08. The molecular formula is C17H20N2O4S. The molecule has 0 spiro atoms. The molecule has 3 rings (SSSR count). The van der Waals surface area contributed by atoms with Crippen molar-refractivity contribution in [3.05, 3.63) is 42.5 Å². The van der Waals surface area contributed by atoms with E-state index in [1.807, 2.05) is 12.1 Å². The van der Waals surface area contributed by atoms with Gasteiger partial charge >= 0.3 is 0 Å². The number of benzene rings is 2. The van der Waals surface area contributed by atoms with Crippen molar-refractivity contribution >= 4 is 21.4 Å². The molecule has 0 amide bonds. The van der Waals surface area contributed by atoms with Gasteiger partial charge in [-0.1, -0.05) is 6.92 Å². The lowest BCUT2D eigenvalue weighted by molar-refractivity contribution is 0.171. The molecule has 2 aromatic carbocycles. The van der Waals surface area contributed by atoms with Gasteiger partial charge in [-0.25, -0.2) is 8.42 Å². The Hall–Kier alpha value is -2.41. The summed E-state index contributed by atoms with van der Waals surface area (Å²) in [7, 11) is -3.68. The van der Waals surface area contributed by atoms with E-state index in [4.69, 9.17) is 9.47 Å². The monoisotopic (exact) mass is 348 g/mol. The molecule has 1 heterocycles. The van der Waals surface area contributed by atoms with Crippen molar-refractivity contribution in [1.82, 2.24) is 0 Å². The van der Waals surface area contributed by atoms with Crippen LogP contribution in [-0.4, -0.2) is 28.2 Å². The minimum Gasteiger partial charge on any atom is -0.486 e. The Balaban J connectivity index is 1.76. The first kappa shape index (κ1) is 16.4. The molecule has 128 valence electrons. The smallest absolute Gasteiger partial charge is 0.262 e. The van der Waals surface area contributed by atoms with Gasteiger partial charge in [0.15, 0.2) is 11.5 Å². The van der Waals surface area contributed by atoms with Crippen LogP contribution in [0.4, 0.5) is 11.4 Å². The van der Waals surface area contributed by atoms with Gasteiger partial charge in [0, 0.05) is 24.0 Å². The van der Waals surface area contributed by atoms with E-state index in [0.717, 1.165) is 18.7 Å². The number of nitrogens with one attached hydrogen (secondary N) is 2. The van der Waals surface area contributed by atoms with E-state index in [-0.39, 0.29) is 4.90 Å². The normalized spacial score (nSPS) is 13.4. The van der Waals surface area contributed by atoms with Gasteiger partial charge < -0.3 is 14.8 Å². The van der Waals surface area contributed by atoms with Crippen molar-refractivity contribution in [2.75, 3.05) is 29.8 Å². The lowest BCUT2D eigenvalue weighted by Gasteiger charge is -2.19. The molecule has 2 N–H and O–H groups in total. The number of ether oxygens (including phenoxy) is 2. The van der Waals surface area contributed by atoms with Crippen LogP contribution in [0.2, 0.25) is 0 Å². The molecule has 0 bridgehead atoms. The molecule has 1 aliphatic rings. The second kappa shape index (κ2) is 7.00. The van der Waals surface area contributed by atoms with Gasteiger partial charge in [-0.15, -0.1) is 0 Å². The molecule has 0 radical (unpaired) electrons. The number of hydrogen-bond donors (Lipinski definition) is 2. The molecule has 24 heavy (non-hydrogen) atoms. The Morgan fingerprint density at radius 2 is 1.62 bits per heavy atom. The number of rotatable bonds is 6. The first-order valence-corrected chi connectivity index (χ1v) is 9.33. The van der Waals surface area contributed by atoms with Gasteiger partial charge in [0.25, 0.3) is 10.0 Å². The summed E-state index contributed by atoms with van der Waals surface area (Å²) in [5.74, 6) is 1.01. The molecule has 0 saturated carbocycles. The van der Waals surface area contributed by atoms with Gasteiger partial charge in [-0.05, 0) is 42.8 Å². The summed E-state index contributed by atoms with van der Waals surface area (Å²) in [6.07, 6.45) is 1.03. The van der Waals surface area contributed by atoms with Crippen molar-refractivity contribution in [1.29, 1.82) is 0 Å². The van der Waals surface area contributed by atoms with Crippen LogP contribution in [0.25, 0.3) is 0 Å². The maximum atomic E-state index is 12.5. The fraction of sp³-hybridized carbons (Fsp3) is 0.294. The molecule has 1 aliphatic heterocycles. The predicted molar refractivity (Wildman–Crippen MR) is 93.5 cm³/mol. The average molecular weight is 348 g/mol. The molecule has 7 heteroatoms. The third-order valence-electron chi connectivity index (χ3n) is 3.54. The second-order valence-corrected chi connectivity index (χ2v) is 7.10. The fourth-order valence-corrected chi connectivity index (χ4v) is 3.40. The zero-order valence-corrected chi connectivity index (χ0v) is 14.2. The molecule has 2 aromatic rings. The summed E-state index contributed by atoms with van der Waals surface area (Å²) < 4.78 is 38.5.